The second-order valence-electron chi connectivity index (χ2n) is 6.72. The number of hydrogen-bond acceptors (Lipinski definition) is 5. The van der Waals surface area contributed by atoms with E-state index in [4.69, 9.17) is 0 Å². The molecule has 1 fully saturated rings. The van der Waals surface area contributed by atoms with Gasteiger partial charge in [-0.25, -0.2) is 17.6 Å². The Balaban J connectivity index is 1.67. The smallest absolute Gasteiger partial charge is 0.339 e. The topological polar surface area (TPSA) is 84.0 Å². The molecule has 0 aromatic heterocycles. The number of hydrogen-bond donors (Lipinski definition) is 0. The Morgan fingerprint density at radius 1 is 1.07 bits per heavy atom. The highest BCUT2D eigenvalue weighted by atomic mass is 79.9. The number of nitrogens with zero attached hydrogens (tertiary/aromatic N) is 2. The molecule has 0 saturated carbocycles. The molecular formula is C20H20BrFN2O5S. The van der Waals surface area contributed by atoms with Gasteiger partial charge >= 0.3 is 5.97 Å². The lowest BCUT2D eigenvalue weighted by Gasteiger charge is -2.34. The standard InChI is InChI=1S/C20H20BrFN2O5S/c1-29-20(26)17-13-16(6-7-18(17)21)30(27,28)24-10-8-23(9-11-24)19(25)12-14-2-4-15(22)5-3-14/h2-7,13H,8-12H2,1H3. The van der Waals surface area contributed by atoms with E-state index in [0.717, 1.165) is 0 Å². The van der Waals surface area contributed by atoms with Crippen LogP contribution in [0.2, 0.25) is 0 Å². The third-order valence-corrected chi connectivity index (χ3v) is 7.43. The zero-order valence-electron chi connectivity index (χ0n) is 16.2. The van der Waals surface area contributed by atoms with Gasteiger partial charge in [-0.2, -0.15) is 4.31 Å². The number of methoxy groups -OCH3 is 1. The molecule has 1 aliphatic heterocycles. The quantitative estimate of drug-likeness (QED) is 0.591. The van der Waals surface area contributed by atoms with Gasteiger partial charge in [0.05, 0.1) is 24.0 Å². The second-order valence-corrected chi connectivity index (χ2v) is 9.51. The van der Waals surface area contributed by atoms with Crippen molar-refractivity contribution in [1.29, 1.82) is 0 Å². The van der Waals surface area contributed by atoms with E-state index in [0.29, 0.717) is 10.0 Å². The lowest BCUT2D eigenvalue weighted by atomic mass is 10.1. The monoisotopic (exact) mass is 498 g/mol. The van der Waals surface area contributed by atoms with Gasteiger partial charge in [-0.05, 0) is 51.8 Å². The number of piperazine rings is 1. The third-order valence-electron chi connectivity index (χ3n) is 4.84. The molecule has 0 spiro atoms. The molecule has 30 heavy (non-hydrogen) atoms. The number of sulfonamides is 1. The van der Waals surface area contributed by atoms with E-state index < -0.39 is 16.0 Å². The average molecular weight is 499 g/mol. The van der Waals surface area contributed by atoms with Gasteiger partial charge in [0.2, 0.25) is 15.9 Å². The Kier molecular flexibility index (Phi) is 6.89. The number of ether oxygens (including phenoxy) is 1. The Bertz CT molecular complexity index is 1050. The molecule has 0 bridgehead atoms. The SMILES string of the molecule is COC(=O)c1cc(S(=O)(=O)N2CCN(C(=O)Cc3ccc(F)cc3)CC2)ccc1Br. The van der Waals surface area contributed by atoms with Gasteiger partial charge in [-0.15, -0.1) is 0 Å². The number of carbonyl (C=O) groups is 2. The van der Waals surface area contributed by atoms with Crippen molar-refractivity contribution in [2.24, 2.45) is 0 Å². The first-order chi connectivity index (χ1) is 14.2. The average Bonchev–Trinajstić information content (AvgIpc) is 2.75. The maximum atomic E-state index is 13.0. The molecule has 2 aromatic rings. The molecule has 3 rings (SSSR count). The molecular weight excluding hydrogens is 479 g/mol. The minimum atomic E-state index is -3.83. The molecule has 0 atom stereocenters. The fraction of sp³-hybridized carbons (Fsp3) is 0.300. The van der Waals surface area contributed by atoms with Crippen LogP contribution in [-0.4, -0.2) is 62.8 Å². The normalized spacial score (nSPS) is 15.1. The van der Waals surface area contributed by atoms with Crippen molar-refractivity contribution in [2.75, 3.05) is 33.3 Å². The van der Waals surface area contributed by atoms with Crippen molar-refractivity contribution < 1.29 is 27.1 Å². The molecule has 1 saturated heterocycles. The lowest BCUT2D eigenvalue weighted by molar-refractivity contribution is -0.131. The first-order valence-electron chi connectivity index (χ1n) is 9.12. The number of benzene rings is 2. The largest absolute Gasteiger partial charge is 0.465 e. The number of carbonyl (C=O) groups excluding carboxylic acids is 2. The van der Waals surface area contributed by atoms with Crippen molar-refractivity contribution in [1.82, 2.24) is 9.21 Å². The lowest BCUT2D eigenvalue weighted by Crippen LogP contribution is -2.50. The zero-order valence-corrected chi connectivity index (χ0v) is 18.6. The van der Waals surface area contributed by atoms with Crippen LogP contribution >= 0.6 is 15.9 Å². The summed E-state index contributed by atoms with van der Waals surface area (Å²) in [5.74, 6) is -1.15. The summed E-state index contributed by atoms with van der Waals surface area (Å²) in [5.41, 5.74) is 0.813. The highest BCUT2D eigenvalue weighted by Gasteiger charge is 2.31. The maximum absolute atomic E-state index is 13.0. The molecule has 7 nitrogen and oxygen atoms in total. The van der Waals surface area contributed by atoms with Gasteiger partial charge in [0.25, 0.3) is 0 Å². The second kappa shape index (κ2) is 9.23. The number of rotatable bonds is 5. The van der Waals surface area contributed by atoms with Gasteiger partial charge in [0.1, 0.15) is 5.82 Å². The molecule has 160 valence electrons. The van der Waals surface area contributed by atoms with E-state index in [1.165, 1.54) is 41.7 Å². The van der Waals surface area contributed by atoms with Crippen molar-refractivity contribution in [3.05, 3.63) is 63.9 Å². The van der Waals surface area contributed by atoms with Gasteiger partial charge in [-0.1, -0.05) is 12.1 Å². The maximum Gasteiger partial charge on any atom is 0.339 e. The van der Waals surface area contributed by atoms with Crippen LogP contribution in [0.15, 0.2) is 51.8 Å². The van der Waals surface area contributed by atoms with Crippen LogP contribution in [-0.2, 0) is 26.0 Å². The van der Waals surface area contributed by atoms with Crippen LogP contribution in [0.4, 0.5) is 4.39 Å². The first-order valence-corrected chi connectivity index (χ1v) is 11.4. The van der Waals surface area contributed by atoms with Crippen LogP contribution in [0.1, 0.15) is 15.9 Å². The van der Waals surface area contributed by atoms with Crippen LogP contribution in [0.3, 0.4) is 0 Å². The van der Waals surface area contributed by atoms with E-state index in [9.17, 15) is 22.4 Å². The van der Waals surface area contributed by atoms with Gasteiger partial charge in [-0.3, -0.25) is 4.79 Å². The van der Waals surface area contributed by atoms with E-state index in [2.05, 4.69) is 20.7 Å². The van der Waals surface area contributed by atoms with Crippen molar-refractivity contribution in [3.8, 4) is 0 Å². The van der Waals surface area contributed by atoms with Crippen LogP contribution < -0.4 is 0 Å². The summed E-state index contributed by atoms with van der Waals surface area (Å²) in [6.07, 6.45) is 0.127. The van der Waals surface area contributed by atoms with E-state index in [-0.39, 0.29) is 54.8 Å². The molecule has 0 unspecified atom stereocenters. The fourth-order valence-electron chi connectivity index (χ4n) is 3.15. The van der Waals surface area contributed by atoms with Crippen molar-refractivity contribution in [3.63, 3.8) is 0 Å². The van der Waals surface area contributed by atoms with E-state index in [1.54, 1.807) is 17.0 Å². The van der Waals surface area contributed by atoms with Gasteiger partial charge < -0.3 is 9.64 Å². The van der Waals surface area contributed by atoms with Gasteiger partial charge in [0, 0.05) is 30.7 Å². The van der Waals surface area contributed by atoms with Crippen molar-refractivity contribution >= 4 is 37.8 Å². The molecule has 0 radical (unpaired) electrons. The third kappa shape index (κ3) is 4.88. The summed E-state index contributed by atoms with van der Waals surface area (Å²) in [4.78, 5) is 25.9. The van der Waals surface area contributed by atoms with Crippen LogP contribution in [0.25, 0.3) is 0 Å². The fourth-order valence-corrected chi connectivity index (χ4v) is 5.00. The molecule has 2 aromatic carbocycles. The summed E-state index contributed by atoms with van der Waals surface area (Å²) in [6, 6.07) is 9.89. The summed E-state index contributed by atoms with van der Waals surface area (Å²) >= 11 is 3.22. The van der Waals surface area contributed by atoms with Crippen LogP contribution in [0, 0.1) is 5.82 Å². The molecule has 10 heteroatoms. The first kappa shape index (κ1) is 22.4. The Hall–Kier alpha value is -2.30. The summed E-state index contributed by atoms with van der Waals surface area (Å²) < 4.78 is 45.4. The minimum Gasteiger partial charge on any atom is -0.465 e. The molecule has 1 aliphatic rings. The number of esters is 1. The Labute approximate surface area is 182 Å². The highest BCUT2D eigenvalue weighted by Crippen LogP contribution is 2.25. The number of halogens is 2. The molecule has 0 aliphatic carbocycles. The van der Waals surface area contributed by atoms with Gasteiger partial charge in [0.15, 0.2) is 0 Å². The molecule has 1 amide bonds. The highest BCUT2D eigenvalue weighted by molar-refractivity contribution is 9.10. The van der Waals surface area contributed by atoms with Crippen LogP contribution in [0.5, 0.6) is 0 Å². The van der Waals surface area contributed by atoms with Crippen molar-refractivity contribution in [2.45, 2.75) is 11.3 Å². The summed E-state index contributed by atoms with van der Waals surface area (Å²) in [7, 11) is -2.61. The predicted molar refractivity (Wildman–Crippen MR) is 111 cm³/mol. The minimum absolute atomic E-state index is 0.0165. The summed E-state index contributed by atoms with van der Waals surface area (Å²) in [6.45, 7) is 0.779. The van der Waals surface area contributed by atoms with E-state index in [1.807, 2.05) is 0 Å². The Morgan fingerprint density at radius 3 is 2.30 bits per heavy atom. The van der Waals surface area contributed by atoms with E-state index >= 15 is 0 Å². The Morgan fingerprint density at radius 2 is 1.70 bits per heavy atom. The zero-order chi connectivity index (χ0) is 21.9. The molecule has 1 heterocycles. The number of amides is 1. The molecule has 0 N–H and O–H groups in total. The summed E-state index contributed by atoms with van der Waals surface area (Å²) in [5, 5.41) is 0. The predicted octanol–water partition coefficient (Wildman–Crippen LogP) is 2.45.